The molecule has 0 fully saturated rings. The second-order valence-electron chi connectivity index (χ2n) is 11.7. The first kappa shape index (κ1) is 30.0. The van der Waals surface area contributed by atoms with Gasteiger partial charge in [0.05, 0.1) is 0 Å². The first-order valence-corrected chi connectivity index (χ1v) is 14.6. The highest BCUT2D eigenvalue weighted by atomic mass is 16.3. The molecule has 4 heteroatoms. The topological polar surface area (TPSA) is 80.9 Å². The summed E-state index contributed by atoms with van der Waals surface area (Å²) in [5.41, 5.74) is 13.2. The van der Waals surface area contributed by atoms with Crippen LogP contribution in [0.15, 0.2) is 36.4 Å². The molecule has 0 saturated carbocycles. The van der Waals surface area contributed by atoms with E-state index < -0.39 is 0 Å². The SMILES string of the molecule is CCc1c(C)c(Cc2cc(C)cc(Cc3cc(C)cc(Cc4cc(C)c(O)c(CC)c4C)c3O)c2O)cc(C)c1O. The second kappa shape index (κ2) is 11.9. The van der Waals surface area contributed by atoms with Gasteiger partial charge in [0.1, 0.15) is 23.0 Å². The van der Waals surface area contributed by atoms with Crippen molar-refractivity contribution in [3.8, 4) is 23.0 Å². The molecule has 0 heterocycles. The number of hydrogen-bond donors (Lipinski definition) is 4. The Morgan fingerprint density at radius 2 is 0.707 bits per heavy atom. The van der Waals surface area contributed by atoms with E-state index in [9.17, 15) is 20.4 Å². The predicted octanol–water partition coefficient (Wildman–Crippen LogP) is 8.26. The Morgan fingerprint density at radius 3 is 1.00 bits per heavy atom. The summed E-state index contributed by atoms with van der Waals surface area (Å²) in [5, 5.41) is 43.9. The van der Waals surface area contributed by atoms with Gasteiger partial charge in [0.2, 0.25) is 0 Å². The number of aromatic hydroxyl groups is 4. The Kier molecular flexibility index (Phi) is 8.72. The number of phenolic OH excluding ortho intramolecular Hbond substituents is 4. The number of rotatable bonds is 8. The van der Waals surface area contributed by atoms with Crippen LogP contribution in [0.4, 0.5) is 0 Å². The smallest absolute Gasteiger partial charge is 0.122 e. The third-order valence-electron chi connectivity index (χ3n) is 8.64. The van der Waals surface area contributed by atoms with Crippen molar-refractivity contribution in [1.29, 1.82) is 0 Å². The highest BCUT2D eigenvalue weighted by molar-refractivity contribution is 5.56. The van der Waals surface area contributed by atoms with Gasteiger partial charge < -0.3 is 20.4 Å². The normalized spacial score (nSPS) is 11.3. The minimum atomic E-state index is 0.249. The molecule has 0 bridgehead atoms. The molecule has 0 aliphatic carbocycles. The molecule has 0 aromatic heterocycles. The van der Waals surface area contributed by atoms with E-state index in [0.29, 0.717) is 30.8 Å². The lowest BCUT2D eigenvalue weighted by Gasteiger charge is -2.18. The van der Waals surface area contributed by atoms with Gasteiger partial charge in [-0.05, 0) is 121 Å². The van der Waals surface area contributed by atoms with E-state index in [4.69, 9.17) is 0 Å². The zero-order valence-corrected chi connectivity index (χ0v) is 25.8. The third-order valence-corrected chi connectivity index (χ3v) is 8.64. The average molecular weight is 553 g/mol. The standard InChI is InChI=1S/C37H44O4/c1-9-32-24(7)26(15-22(5)34(32)38)17-28-11-20(3)13-30(36(28)40)19-31-14-21(4)12-29(37(31)41)18-27-16-23(6)35(39)33(10-2)25(27)8/h11-16,38-41H,9-10,17-19H2,1-8H3. The van der Waals surface area contributed by atoms with E-state index >= 15 is 0 Å². The first-order chi connectivity index (χ1) is 19.4. The minimum absolute atomic E-state index is 0.249. The van der Waals surface area contributed by atoms with Gasteiger partial charge in [0, 0.05) is 19.3 Å². The molecular formula is C37H44O4. The van der Waals surface area contributed by atoms with Crippen LogP contribution in [0.3, 0.4) is 0 Å². The molecule has 4 nitrogen and oxygen atoms in total. The zero-order valence-electron chi connectivity index (χ0n) is 25.8. The molecule has 216 valence electrons. The Morgan fingerprint density at radius 1 is 0.415 bits per heavy atom. The van der Waals surface area contributed by atoms with Crippen molar-refractivity contribution < 1.29 is 20.4 Å². The summed E-state index contributed by atoms with van der Waals surface area (Å²) < 4.78 is 0. The fraction of sp³-hybridized carbons (Fsp3) is 0.351. The van der Waals surface area contributed by atoms with Crippen LogP contribution in [0.2, 0.25) is 0 Å². The number of benzene rings is 4. The zero-order chi connectivity index (χ0) is 30.2. The average Bonchev–Trinajstić information content (AvgIpc) is 2.91. The van der Waals surface area contributed by atoms with Gasteiger partial charge in [-0.2, -0.15) is 0 Å². The van der Waals surface area contributed by atoms with Crippen molar-refractivity contribution in [2.24, 2.45) is 0 Å². The molecule has 0 atom stereocenters. The van der Waals surface area contributed by atoms with Crippen molar-refractivity contribution in [3.05, 3.63) is 114 Å². The summed E-state index contributed by atoms with van der Waals surface area (Å²) in [6, 6.07) is 12.1. The Bertz CT molecular complexity index is 1510. The molecular weight excluding hydrogens is 508 g/mol. The molecule has 0 amide bonds. The van der Waals surface area contributed by atoms with Crippen LogP contribution >= 0.6 is 0 Å². The van der Waals surface area contributed by atoms with E-state index in [1.54, 1.807) is 0 Å². The first-order valence-electron chi connectivity index (χ1n) is 14.6. The van der Waals surface area contributed by atoms with E-state index in [1.165, 1.54) is 0 Å². The Labute approximate surface area is 245 Å². The molecule has 0 unspecified atom stereocenters. The van der Waals surface area contributed by atoms with Crippen LogP contribution in [0.5, 0.6) is 23.0 Å². The van der Waals surface area contributed by atoms with Gasteiger partial charge in [-0.25, -0.2) is 0 Å². The van der Waals surface area contributed by atoms with E-state index in [0.717, 1.165) is 90.7 Å². The van der Waals surface area contributed by atoms with Crippen LogP contribution < -0.4 is 0 Å². The highest BCUT2D eigenvalue weighted by Gasteiger charge is 2.19. The van der Waals surface area contributed by atoms with Gasteiger partial charge in [-0.3, -0.25) is 0 Å². The van der Waals surface area contributed by atoms with Gasteiger partial charge in [0.25, 0.3) is 0 Å². The number of hydrogen-bond acceptors (Lipinski definition) is 4. The fourth-order valence-corrected chi connectivity index (χ4v) is 6.35. The minimum Gasteiger partial charge on any atom is -0.507 e. The molecule has 0 aliphatic rings. The monoisotopic (exact) mass is 552 g/mol. The summed E-state index contributed by atoms with van der Waals surface area (Å²) in [7, 11) is 0. The lowest BCUT2D eigenvalue weighted by Crippen LogP contribution is -2.02. The molecule has 4 N–H and O–H groups in total. The molecule has 4 aromatic rings. The number of aryl methyl sites for hydroxylation is 4. The quantitative estimate of drug-likeness (QED) is 0.177. The van der Waals surface area contributed by atoms with Crippen LogP contribution in [0.25, 0.3) is 0 Å². The summed E-state index contributed by atoms with van der Waals surface area (Å²) in [6.07, 6.45) is 3.02. The largest absolute Gasteiger partial charge is 0.507 e. The van der Waals surface area contributed by atoms with Gasteiger partial charge >= 0.3 is 0 Å². The van der Waals surface area contributed by atoms with Gasteiger partial charge in [-0.1, -0.05) is 61.4 Å². The molecule has 4 aromatic carbocycles. The summed E-state index contributed by atoms with van der Waals surface area (Å²) in [6.45, 7) is 16.1. The molecule has 0 radical (unpaired) electrons. The number of phenols is 4. The summed E-state index contributed by atoms with van der Waals surface area (Å²) >= 11 is 0. The van der Waals surface area contributed by atoms with Crippen molar-refractivity contribution in [2.45, 2.75) is 87.5 Å². The van der Waals surface area contributed by atoms with Crippen LogP contribution in [0, 0.1) is 41.5 Å². The molecule has 4 rings (SSSR count). The van der Waals surface area contributed by atoms with E-state index in [2.05, 4.69) is 0 Å². The summed E-state index contributed by atoms with van der Waals surface area (Å²) in [4.78, 5) is 0. The third kappa shape index (κ3) is 5.93. The highest BCUT2D eigenvalue weighted by Crippen LogP contribution is 2.37. The van der Waals surface area contributed by atoms with E-state index in [1.807, 2.05) is 91.8 Å². The van der Waals surface area contributed by atoms with Crippen molar-refractivity contribution in [3.63, 3.8) is 0 Å². The fourth-order valence-electron chi connectivity index (χ4n) is 6.35. The lowest BCUT2D eigenvalue weighted by atomic mass is 9.88. The maximum Gasteiger partial charge on any atom is 0.122 e. The van der Waals surface area contributed by atoms with Crippen molar-refractivity contribution in [2.75, 3.05) is 0 Å². The summed E-state index contributed by atoms with van der Waals surface area (Å²) in [5.74, 6) is 1.21. The second-order valence-corrected chi connectivity index (χ2v) is 11.7. The maximum atomic E-state index is 11.4. The van der Waals surface area contributed by atoms with Crippen LogP contribution in [0.1, 0.15) is 91.7 Å². The predicted molar refractivity (Wildman–Crippen MR) is 168 cm³/mol. The van der Waals surface area contributed by atoms with E-state index in [-0.39, 0.29) is 11.5 Å². The molecule has 0 aliphatic heterocycles. The maximum absolute atomic E-state index is 11.4. The Hall–Kier alpha value is -3.92. The van der Waals surface area contributed by atoms with Crippen molar-refractivity contribution in [1.82, 2.24) is 0 Å². The lowest BCUT2D eigenvalue weighted by molar-refractivity contribution is 0.456. The van der Waals surface area contributed by atoms with Crippen molar-refractivity contribution >= 4 is 0 Å². The van der Waals surface area contributed by atoms with Gasteiger partial charge in [-0.15, -0.1) is 0 Å². The Balaban J connectivity index is 1.71. The van der Waals surface area contributed by atoms with Crippen LogP contribution in [-0.4, -0.2) is 20.4 Å². The molecule has 0 spiro atoms. The van der Waals surface area contributed by atoms with Crippen LogP contribution in [-0.2, 0) is 32.1 Å². The molecule has 0 saturated heterocycles. The molecule has 41 heavy (non-hydrogen) atoms. The van der Waals surface area contributed by atoms with Gasteiger partial charge in [0.15, 0.2) is 0 Å².